The van der Waals surface area contributed by atoms with Crippen molar-refractivity contribution in [3.05, 3.63) is 65.7 Å². The first kappa shape index (κ1) is 30.0. The zero-order valence-corrected chi connectivity index (χ0v) is 25.9. The van der Waals surface area contributed by atoms with E-state index in [0.29, 0.717) is 81.6 Å². The van der Waals surface area contributed by atoms with Crippen molar-refractivity contribution in [1.82, 2.24) is 29.1 Å². The standard InChI is InChI=1S/C29H33N9O4S2/c1-44(40,41)38-14-12-36(13-15-38)20-23-9-10-24(43-23)27-33-26(34-28(35-27)37-16-18-42-19-17-37)21-5-7-22(8-6-21)31-29(39)32-25-4-2-3-11-30-25/h2-11H,12-20H2,1H3,(H2,30,31,32,39). The molecular formula is C29H33N9O4S2. The van der Waals surface area contributed by atoms with E-state index in [1.807, 2.05) is 18.2 Å². The molecule has 4 aromatic rings. The van der Waals surface area contributed by atoms with Crippen LogP contribution in [0.4, 0.5) is 22.2 Å². The van der Waals surface area contributed by atoms with Crippen molar-refractivity contribution in [3.63, 3.8) is 0 Å². The molecule has 1 aromatic carbocycles. The summed E-state index contributed by atoms with van der Waals surface area (Å²) >= 11 is 1.63. The quantitative estimate of drug-likeness (QED) is 0.296. The summed E-state index contributed by atoms with van der Waals surface area (Å²) in [6.07, 6.45) is 2.87. The highest BCUT2D eigenvalue weighted by molar-refractivity contribution is 7.88. The van der Waals surface area contributed by atoms with Gasteiger partial charge in [-0.05, 0) is 48.5 Å². The Balaban J connectivity index is 1.19. The average Bonchev–Trinajstić information content (AvgIpc) is 3.50. The van der Waals surface area contributed by atoms with Crippen LogP contribution in [0.15, 0.2) is 60.8 Å². The number of hydrogen-bond acceptors (Lipinski definition) is 11. The Hall–Kier alpha value is -4.02. The van der Waals surface area contributed by atoms with Gasteiger partial charge >= 0.3 is 6.03 Å². The fraction of sp³-hybridized carbons (Fsp3) is 0.345. The summed E-state index contributed by atoms with van der Waals surface area (Å²) in [5.74, 6) is 2.18. The van der Waals surface area contributed by atoms with Gasteiger partial charge in [0.1, 0.15) is 5.82 Å². The SMILES string of the molecule is CS(=O)(=O)N1CCN(Cc2ccc(-c3nc(-c4ccc(NC(=O)Nc5ccccn5)cc4)nc(N4CCOCC4)n3)s2)CC1. The molecule has 13 nitrogen and oxygen atoms in total. The minimum absolute atomic E-state index is 0.390. The van der Waals surface area contributed by atoms with Crippen molar-refractivity contribution in [2.45, 2.75) is 6.54 Å². The maximum absolute atomic E-state index is 12.4. The van der Waals surface area contributed by atoms with Gasteiger partial charge in [-0.25, -0.2) is 23.2 Å². The number of urea groups is 1. The lowest BCUT2D eigenvalue weighted by Gasteiger charge is -2.32. The zero-order chi connectivity index (χ0) is 30.5. The largest absolute Gasteiger partial charge is 0.378 e. The molecule has 3 aromatic heterocycles. The Kier molecular flexibility index (Phi) is 9.09. The van der Waals surface area contributed by atoms with Crippen LogP contribution in [0.2, 0.25) is 0 Å². The number of nitrogens with zero attached hydrogens (tertiary/aromatic N) is 7. The minimum atomic E-state index is -3.16. The Morgan fingerprint density at radius 2 is 1.64 bits per heavy atom. The fourth-order valence-electron chi connectivity index (χ4n) is 4.95. The van der Waals surface area contributed by atoms with E-state index in [4.69, 9.17) is 19.7 Å². The third-order valence-electron chi connectivity index (χ3n) is 7.29. The Morgan fingerprint density at radius 3 is 2.34 bits per heavy atom. The lowest BCUT2D eigenvalue weighted by atomic mass is 10.2. The predicted molar refractivity (Wildman–Crippen MR) is 170 cm³/mol. The van der Waals surface area contributed by atoms with Gasteiger partial charge in [-0.3, -0.25) is 10.2 Å². The number of nitrogens with one attached hydrogen (secondary N) is 2. The van der Waals surface area contributed by atoms with Crippen LogP contribution in [0, 0.1) is 0 Å². The third kappa shape index (κ3) is 7.54. The number of ether oxygens (including phenoxy) is 1. The predicted octanol–water partition coefficient (Wildman–Crippen LogP) is 3.22. The summed E-state index contributed by atoms with van der Waals surface area (Å²) < 4.78 is 30.8. The van der Waals surface area contributed by atoms with Crippen molar-refractivity contribution in [2.75, 3.05) is 74.3 Å². The summed E-state index contributed by atoms with van der Waals surface area (Å²) in [7, 11) is -3.16. The molecule has 0 spiro atoms. The number of amides is 2. The van der Waals surface area contributed by atoms with Gasteiger partial charge in [-0.15, -0.1) is 11.3 Å². The summed E-state index contributed by atoms with van der Waals surface area (Å²) in [6, 6.07) is 16.4. The summed E-state index contributed by atoms with van der Waals surface area (Å²) in [6.45, 7) is 5.69. The highest BCUT2D eigenvalue weighted by atomic mass is 32.2. The van der Waals surface area contributed by atoms with Gasteiger partial charge in [0, 0.05) is 68.1 Å². The molecule has 230 valence electrons. The number of morpholine rings is 1. The number of carbonyl (C=O) groups is 1. The van der Waals surface area contributed by atoms with Gasteiger partial charge in [-0.1, -0.05) is 6.07 Å². The average molecular weight is 636 g/mol. The molecule has 0 atom stereocenters. The molecule has 0 unspecified atom stereocenters. The summed E-state index contributed by atoms with van der Waals surface area (Å²) in [4.78, 5) is 37.5. The molecule has 0 saturated carbocycles. The number of anilines is 3. The topological polar surface area (TPSA) is 146 Å². The maximum Gasteiger partial charge on any atom is 0.324 e. The number of thiophene rings is 1. The van der Waals surface area contributed by atoms with Crippen molar-refractivity contribution < 1.29 is 17.9 Å². The number of hydrogen-bond donors (Lipinski definition) is 2. The molecule has 0 bridgehead atoms. The highest BCUT2D eigenvalue weighted by Gasteiger charge is 2.24. The van der Waals surface area contributed by atoms with Crippen molar-refractivity contribution in [2.24, 2.45) is 0 Å². The van der Waals surface area contributed by atoms with E-state index in [1.165, 1.54) is 10.6 Å². The molecule has 2 fully saturated rings. The number of sulfonamides is 1. The van der Waals surface area contributed by atoms with E-state index in [2.05, 4.69) is 31.5 Å². The molecule has 5 heterocycles. The Labute approximate surface area is 260 Å². The molecule has 15 heteroatoms. The number of rotatable bonds is 8. The first-order valence-electron chi connectivity index (χ1n) is 14.2. The summed E-state index contributed by atoms with van der Waals surface area (Å²) in [5.41, 5.74) is 1.41. The lowest BCUT2D eigenvalue weighted by molar-refractivity contribution is 0.122. The van der Waals surface area contributed by atoms with E-state index in [1.54, 1.807) is 47.9 Å². The molecule has 2 aliphatic heterocycles. The van der Waals surface area contributed by atoms with Gasteiger partial charge in [-0.2, -0.15) is 14.3 Å². The van der Waals surface area contributed by atoms with Crippen LogP contribution in [0.25, 0.3) is 22.1 Å². The molecule has 44 heavy (non-hydrogen) atoms. The molecule has 2 aliphatic rings. The first-order chi connectivity index (χ1) is 21.3. The second-order valence-corrected chi connectivity index (χ2v) is 13.6. The van der Waals surface area contributed by atoms with Gasteiger partial charge in [0.25, 0.3) is 0 Å². The fourth-order valence-corrected chi connectivity index (χ4v) is 6.76. The van der Waals surface area contributed by atoms with Crippen LogP contribution < -0.4 is 15.5 Å². The smallest absolute Gasteiger partial charge is 0.324 e. The van der Waals surface area contributed by atoms with E-state index in [-0.39, 0.29) is 6.03 Å². The number of carbonyl (C=O) groups excluding carboxylic acids is 1. The number of pyridine rings is 1. The molecule has 2 amide bonds. The second-order valence-electron chi connectivity index (χ2n) is 10.5. The first-order valence-corrected chi connectivity index (χ1v) is 16.9. The molecule has 6 rings (SSSR count). The normalized spacial score (nSPS) is 16.5. The Bertz CT molecular complexity index is 1690. The van der Waals surface area contributed by atoms with E-state index in [0.717, 1.165) is 21.9 Å². The zero-order valence-electron chi connectivity index (χ0n) is 24.2. The van der Waals surface area contributed by atoms with Crippen LogP contribution in [-0.4, -0.2) is 102 Å². The third-order valence-corrected chi connectivity index (χ3v) is 9.66. The number of aromatic nitrogens is 4. The van der Waals surface area contributed by atoms with Crippen molar-refractivity contribution in [3.8, 4) is 22.1 Å². The van der Waals surface area contributed by atoms with Crippen LogP contribution in [0.3, 0.4) is 0 Å². The van der Waals surface area contributed by atoms with Crippen LogP contribution in [-0.2, 0) is 21.3 Å². The van der Waals surface area contributed by atoms with Crippen LogP contribution in [0.5, 0.6) is 0 Å². The second kappa shape index (κ2) is 13.3. The number of piperazine rings is 1. The van der Waals surface area contributed by atoms with E-state index < -0.39 is 10.0 Å². The van der Waals surface area contributed by atoms with Crippen molar-refractivity contribution >= 4 is 44.8 Å². The number of benzene rings is 1. The van der Waals surface area contributed by atoms with Crippen molar-refractivity contribution in [1.29, 1.82) is 0 Å². The van der Waals surface area contributed by atoms with Crippen LogP contribution >= 0.6 is 11.3 Å². The van der Waals surface area contributed by atoms with Gasteiger partial charge in [0.2, 0.25) is 16.0 Å². The van der Waals surface area contributed by atoms with Gasteiger partial charge < -0.3 is 15.0 Å². The Morgan fingerprint density at radius 1 is 0.886 bits per heavy atom. The lowest BCUT2D eigenvalue weighted by Crippen LogP contribution is -2.47. The highest BCUT2D eigenvalue weighted by Crippen LogP contribution is 2.30. The molecular weight excluding hydrogens is 603 g/mol. The van der Waals surface area contributed by atoms with Crippen LogP contribution in [0.1, 0.15) is 4.88 Å². The van der Waals surface area contributed by atoms with E-state index >= 15 is 0 Å². The molecule has 0 aliphatic carbocycles. The van der Waals surface area contributed by atoms with Gasteiger partial charge in [0.05, 0.1) is 24.3 Å². The monoisotopic (exact) mass is 635 g/mol. The van der Waals surface area contributed by atoms with Gasteiger partial charge in [0.15, 0.2) is 11.6 Å². The molecule has 2 N–H and O–H groups in total. The van der Waals surface area contributed by atoms with E-state index in [9.17, 15) is 13.2 Å². The molecule has 0 radical (unpaired) electrons. The summed E-state index contributed by atoms with van der Waals surface area (Å²) in [5, 5.41) is 5.52. The maximum atomic E-state index is 12.4. The molecule has 2 saturated heterocycles. The minimum Gasteiger partial charge on any atom is -0.378 e.